The number of aromatic nitrogens is 3. The smallest absolute Gasteiger partial charge is 0.196 e. The first-order chi connectivity index (χ1) is 13.8. The number of rotatable bonds is 5. The van der Waals surface area contributed by atoms with Crippen molar-refractivity contribution in [1.82, 2.24) is 14.8 Å². The van der Waals surface area contributed by atoms with Crippen LogP contribution in [0.1, 0.15) is 11.1 Å². The summed E-state index contributed by atoms with van der Waals surface area (Å²) in [5.74, 6) is 0.788. The first-order valence-electron chi connectivity index (χ1n) is 8.64. The fourth-order valence-corrected chi connectivity index (χ4v) is 3.72. The summed E-state index contributed by atoms with van der Waals surface area (Å²) in [7, 11) is 0. The molecule has 0 spiro atoms. The number of thioether (sulfide) groups is 1. The van der Waals surface area contributed by atoms with Gasteiger partial charge in [-0.15, -0.1) is 10.2 Å². The van der Waals surface area contributed by atoms with Crippen LogP contribution in [0.5, 0.6) is 0 Å². The molecule has 4 nitrogen and oxygen atoms in total. The summed E-state index contributed by atoms with van der Waals surface area (Å²) in [6.45, 7) is 0. The third kappa shape index (κ3) is 3.66. The summed E-state index contributed by atoms with van der Waals surface area (Å²) in [4.78, 5) is 0. The predicted molar refractivity (Wildman–Crippen MR) is 107 cm³/mol. The molecule has 28 heavy (non-hydrogen) atoms. The van der Waals surface area contributed by atoms with Gasteiger partial charge in [0.1, 0.15) is 5.82 Å². The monoisotopic (exact) mass is 386 g/mol. The minimum Gasteiger partial charge on any atom is -0.270 e. The van der Waals surface area contributed by atoms with E-state index >= 15 is 0 Å². The van der Waals surface area contributed by atoms with Gasteiger partial charge in [0.15, 0.2) is 11.0 Å². The summed E-state index contributed by atoms with van der Waals surface area (Å²) in [5, 5.41) is 18.2. The maximum Gasteiger partial charge on any atom is 0.196 e. The van der Waals surface area contributed by atoms with Gasteiger partial charge in [-0.2, -0.15) is 5.26 Å². The van der Waals surface area contributed by atoms with Gasteiger partial charge >= 0.3 is 0 Å². The van der Waals surface area contributed by atoms with Gasteiger partial charge in [-0.1, -0.05) is 54.2 Å². The number of nitrogens with zero attached hydrogens (tertiary/aromatic N) is 4. The van der Waals surface area contributed by atoms with E-state index in [0.29, 0.717) is 27.9 Å². The van der Waals surface area contributed by atoms with Gasteiger partial charge in [0, 0.05) is 11.4 Å². The predicted octanol–water partition coefficient (Wildman–Crippen LogP) is 5.24. The molecule has 0 fully saturated rings. The zero-order chi connectivity index (χ0) is 19.3. The molecule has 6 heteroatoms. The summed E-state index contributed by atoms with van der Waals surface area (Å²) in [6.07, 6.45) is 0. The number of hydrogen-bond acceptors (Lipinski definition) is 4. The van der Waals surface area contributed by atoms with Gasteiger partial charge in [0.2, 0.25) is 0 Å². The number of hydrogen-bond donors (Lipinski definition) is 0. The van der Waals surface area contributed by atoms with E-state index in [1.165, 1.54) is 17.8 Å². The van der Waals surface area contributed by atoms with Crippen LogP contribution in [-0.4, -0.2) is 14.8 Å². The molecule has 4 aromatic rings. The topological polar surface area (TPSA) is 54.5 Å². The van der Waals surface area contributed by atoms with Crippen LogP contribution in [0.25, 0.3) is 17.1 Å². The first kappa shape index (κ1) is 18.0. The molecule has 0 saturated carbocycles. The van der Waals surface area contributed by atoms with E-state index in [0.717, 1.165) is 11.3 Å². The Bertz CT molecular complexity index is 1130. The van der Waals surface area contributed by atoms with Crippen LogP contribution in [0.3, 0.4) is 0 Å². The number of nitriles is 1. The molecule has 136 valence electrons. The molecule has 0 radical (unpaired) electrons. The van der Waals surface area contributed by atoms with E-state index in [2.05, 4.69) is 16.3 Å². The molecule has 0 amide bonds. The minimum atomic E-state index is -0.337. The molecule has 0 saturated heterocycles. The Hall–Kier alpha value is -3.43. The van der Waals surface area contributed by atoms with Gasteiger partial charge in [-0.05, 0) is 42.0 Å². The lowest BCUT2D eigenvalue weighted by molar-refractivity contribution is 0.629. The molecular weight excluding hydrogens is 371 g/mol. The molecule has 1 aromatic heterocycles. The summed E-state index contributed by atoms with van der Waals surface area (Å²) in [6, 6.07) is 25.8. The van der Waals surface area contributed by atoms with E-state index in [9.17, 15) is 4.39 Å². The van der Waals surface area contributed by atoms with Gasteiger partial charge < -0.3 is 0 Å². The van der Waals surface area contributed by atoms with Gasteiger partial charge in [0.05, 0.1) is 17.2 Å². The largest absolute Gasteiger partial charge is 0.270 e. The SMILES string of the molecule is N#Cc1ccc(CSc2nnc(-c3ccccc3F)n2-c2ccccc2)cc1. The van der Waals surface area contributed by atoms with Gasteiger partial charge in [0.25, 0.3) is 0 Å². The molecule has 4 rings (SSSR count). The maximum atomic E-state index is 14.4. The molecule has 0 aliphatic carbocycles. The van der Waals surface area contributed by atoms with Crippen molar-refractivity contribution in [3.05, 3.63) is 95.8 Å². The quantitative estimate of drug-likeness (QED) is 0.440. The Labute approximate surface area is 166 Å². The first-order valence-corrected chi connectivity index (χ1v) is 9.62. The van der Waals surface area contributed by atoms with Crippen molar-refractivity contribution in [3.8, 4) is 23.1 Å². The average molecular weight is 386 g/mol. The summed E-state index contributed by atoms with van der Waals surface area (Å²) in [5.41, 5.74) is 2.97. The highest BCUT2D eigenvalue weighted by molar-refractivity contribution is 7.98. The number of halogens is 1. The van der Waals surface area contributed by atoms with Crippen molar-refractivity contribution in [2.75, 3.05) is 0 Å². The van der Waals surface area contributed by atoms with Crippen LogP contribution >= 0.6 is 11.8 Å². The Balaban J connectivity index is 1.71. The van der Waals surface area contributed by atoms with Crippen LogP contribution < -0.4 is 0 Å². The molecular formula is C22H15FN4S. The molecule has 1 heterocycles. The molecule has 0 aliphatic rings. The highest BCUT2D eigenvalue weighted by Crippen LogP contribution is 2.30. The molecule has 0 aliphatic heterocycles. The molecule has 0 atom stereocenters. The van der Waals surface area contributed by atoms with Crippen molar-refractivity contribution < 1.29 is 4.39 Å². The van der Waals surface area contributed by atoms with E-state index in [1.54, 1.807) is 30.3 Å². The van der Waals surface area contributed by atoms with Crippen molar-refractivity contribution in [2.24, 2.45) is 0 Å². The number of benzene rings is 3. The average Bonchev–Trinajstić information content (AvgIpc) is 3.17. The zero-order valence-electron chi connectivity index (χ0n) is 14.8. The Kier molecular flexibility index (Phi) is 5.18. The standard InChI is InChI=1S/C22H15FN4S/c23-20-9-5-4-8-19(20)21-25-26-22(27(21)18-6-2-1-3-7-18)28-15-17-12-10-16(14-24)11-13-17/h1-13H,15H2. The van der Waals surface area contributed by atoms with Crippen LogP contribution in [0.15, 0.2) is 84.0 Å². The second-order valence-electron chi connectivity index (χ2n) is 6.05. The van der Waals surface area contributed by atoms with E-state index in [1.807, 2.05) is 47.0 Å². The second kappa shape index (κ2) is 8.07. The summed E-state index contributed by atoms with van der Waals surface area (Å²) >= 11 is 1.51. The second-order valence-corrected chi connectivity index (χ2v) is 7.00. The molecule has 3 aromatic carbocycles. The van der Waals surface area contributed by atoms with E-state index in [-0.39, 0.29) is 5.82 Å². The normalized spacial score (nSPS) is 10.6. The fourth-order valence-electron chi connectivity index (χ4n) is 2.81. The lowest BCUT2D eigenvalue weighted by Crippen LogP contribution is -2.00. The third-order valence-corrected chi connectivity index (χ3v) is 5.21. The Morgan fingerprint density at radius 2 is 1.61 bits per heavy atom. The van der Waals surface area contributed by atoms with Crippen molar-refractivity contribution in [2.45, 2.75) is 10.9 Å². The third-order valence-electron chi connectivity index (χ3n) is 4.21. The van der Waals surface area contributed by atoms with E-state index in [4.69, 9.17) is 5.26 Å². The van der Waals surface area contributed by atoms with Crippen LogP contribution in [0, 0.1) is 17.1 Å². The lowest BCUT2D eigenvalue weighted by atomic mass is 10.2. The van der Waals surface area contributed by atoms with Crippen molar-refractivity contribution in [3.63, 3.8) is 0 Å². The Morgan fingerprint density at radius 3 is 2.32 bits per heavy atom. The fraction of sp³-hybridized carbons (Fsp3) is 0.0455. The van der Waals surface area contributed by atoms with Gasteiger partial charge in [-0.3, -0.25) is 4.57 Å². The van der Waals surface area contributed by atoms with Crippen molar-refractivity contribution >= 4 is 11.8 Å². The Morgan fingerprint density at radius 1 is 0.893 bits per heavy atom. The highest BCUT2D eigenvalue weighted by atomic mass is 32.2. The minimum absolute atomic E-state index is 0.337. The maximum absolute atomic E-state index is 14.4. The van der Waals surface area contributed by atoms with Gasteiger partial charge in [-0.25, -0.2) is 4.39 Å². The van der Waals surface area contributed by atoms with Crippen LogP contribution in [0.4, 0.5) is 4.39 Å². The molecule has 0 unspecified atom stereocenters. The van der Waals surface area contributed by atoms with Crippen LogP contribution in [-0.2, 0) is 5.75 Å². The van der Waals surface area contributed by atoms with Crippen molar-refractivity contribution in [1.29, 1.82) is 5.26 Å². The van der Waals surface area contributed by atoms with Crippen LogP contribution in [0.2, 0.25) is 0 Å². The highest BCUT2D eigenvalue weighted by Gasteiger charge is 2.18. The molecule has 0 bridgehead atoms. The zero-order valence-corrected chi connectivity index (χ0v) is 15.6. The lowest BCUT2D eigenvalue weighted by Gasteiger charge is -2.10. The van der Waals surface area contributed by atoms with E-state index < -0.39 is 0 Å². The molecule has 0 N–H and O–H groups in total. The number of para-hydroxylation sites is 1. The summed E-state index contributed by atoms with van der Waals surface area (Å²) < 4.78 is 16.3.